The number of nitrogens with zero attached hydrogens (tertiary/aromatic N) is 1. The van der Waals surface area contributed by atoms with E-state index in [4.69, 9.17) is 21.1 Å². The van der Waals surface area contributed by atoms with Crippen molar-refractivity contribution in [3.05, 3.63) is 58.2 Å². The van der Waals surface area contributed by atoms with Crippen LogP contribution in [0.5, 0.6) is 5.75 Å². The number of ether oxygens (including phenoxy) is 2. The van der Waals surface area contributed by atoms with Crippen LogP contribution in [0, 0.1) is 13.8 Å². The van der Waals surface area contributed by atoms with Gasteiger partial charge < -0.3 is 14.8 Å². The second-order valence-corrected chi connectivity index (χ2v) is 6.65. The molecule has 1 aromatic heterocycles. The lowest BCUT2D eigenvalue weighted by atomic mass is 10.1. The maximum absolute atomic E-state index is 12.5. The molecule has 0 bridgehead atoms. The number of fused-ring (bicyclic) bond motifs is 1. The lowest BCUT2D eigenvalue weighted by Gasteiger charge is -2.17. The molecule has 5 nitrogen and oxygen atoms in total. The van der Waals surface area contributed by atoms with E-state index in [1.165, 1.54) is 6.20 Å². The minimum Gasteiger partial charge on any atom is -0.495 e. The Morgan fingerprint density at radius 3 is 2.70 bits per heavy atom. The second-order valence-electron chi connectivity index (χ2n) is 6.21. The maximum atomic E-state index is 12.5. The third kappa shape index (κ3) is 3.83. The number of carbonyl (C=O) groups is 1. The fraction of sp³-hybridized carbons (Fsp3) is 0.238. The molecule has 0 atom stereocenters. The monoisotopic (exact) mass is 384 g/mol. The van der Waals surface area contributed by atoms with E-state index in [2.05, 4.69) is 10.3 Å². The van der Waals surface area contributed by atoms with Crippen molar-refractivity contribution in [2.45, 2.75) is 20.8 Å². The van der Waals surface area contributed by atoms with Crippen LogP contribution < -0.4 is 10.1 Å². The summed E-state index contributed by atoms with van der Waals surface area (Å²) in [7, 11) is 1.60. The second kappa shape index (κ2) is 7.84. The van der Waals surface area contributed by atoms with Gasteiger partial charge in [0.15, 0.2) is 0 Å². The molecule has 27 heavy (non-hydrogen) atoms. The summed E-state index contributed by atoms with van der Waals surface area (Å²) in [5, 5.41) is 4.66. The number of benzene rings is 2. The van der Waals surface area contributed by atoms with Crippen LogP contribution in [0.2, 0.25) is 5.02 Å². The number of pyridine rings is 1. The molecule has 0 unspecified atom stereocenters. The van der Waals surface area contributed by atoms with Crippen LogP contribution >= 0.6 is 11.6 Å². The molecular weight excluding hydrogens is 364 g/mol. The third-order valence-corrected chi connectivity index (χ3v) is 4.45. The van der Waals surface area contributed by atoms with Crippen LogP contribution in [0.15, 0.2) is 36.5 Å². The average molecular weight is 385 g/mol. The summed E-state index contributed by atoms with van der Waals surface area (Å²) in [5.41, 5.74) is 4.42. The predicted molar refractivity (Wildman–Crippen MR) is 108 cm³/mol. The SMILES string of the molecule is CCOC(=O)c1cnc2c(C)cc(Cl)cc2c1Nc1cc(C)ccc1OC. The smallest absolute Gasteiger partial charge is 0.341 e. The summed E-state index contributed by atoms with van der Waals surface area (Å²) in [6, 6.07) is 9.44. The number of halogens is 1. The van der Waals surface area contributed by atoms with Crippen LogP contribution in [0.4, 0.5) is 11.4 Å². The number of esters is 1. The zero-order valence-electron chi connectivity index (χ0n) is 15.7. The molecule has 0 saturated heterocycles. The fourth-order valence-electron chi connectivity index (χ4n) is 2.99. The first kappa shape index (κ1) is 19.0. The third-order valence-electron chi connectivity index (χ3n) is 4.24. The summed E-state index contributed by atoms with van der Waals surface area (Å²) >= 11 is 6.28. The minimum atomic E-state index is -0.446. The van der Waals surface area contributed by atoms with Gasteiger partial charge in [-0.15, -0.1) is 0 Å². The van der Waals surface area contributed by atoms with Crippen molar-refractivity contribution in [1.29, 1.82) is 0 Å². The molecule has 6 heteroatoms. The highest BCUT2D eigenvalue weighted by molar-refractivity contribution is 6.31. The topological polar surface area (TPSA) is 60.5 Å². The van der Waals surface area contributed by atoms with Crippen LogP contribution in [-0.4, -0.2) is 24.7 Å². The molecule has 0 amide bonds. The van der Waals surface area contributed by atoms with Gasteiger partial charge in [-0.3, -0.25) is 4.98 Å². The normalized spacial score (nSPS) is 10.7. The molecule has 0 spiro atoms. The fourth-order valence-corrected chi connectivity index (χ4v) is 3.26. The summed E-state index contributed by atoms with van der Waals surface area (Å²) in [6.45, 7) is 5.97. The maximum Gasteiger partial charge on any atom is 0.341 e. The van der Waals surface area contributed by atoms with Crippen LogP contribution in [0.3, 0.4) is 0 Å². The van der Waals surface area contributed by atoms with Crippen molar-refractivity contribution >= 4 is 39.8 Å². The molecule has 140 valence electrons. The van der Waals surface area contributed by atoms with Gasteiger partial charge in [0.1, 0.15) is 11.3 Å². The average Bonchev–Trinajstić information content (AvgIpc) is 2.62. The summed E-state index contributed by atoms with van der Waals surface area (Å²) in [4.78, 5) is 17.0. The predicted octanol–water partition coefficient (Wildman–Crippen LogP) is 5.43. The molecular formula is C21H21ClN2O3. The lowest BCUT2D eigenvalue weighted by Crippen LogP contribution is -2.10. The summed E-state index contributed by atoms with van der Waals surface area (Å²) in [5.74, 6) is 0.220. The molecule has 2 aromatic carbocycles. The number of hydrogen-bond donors (Lipinski definition) is 1. The lowest BCUT2D eigenvalue weighted by molar-refractivity contribution is 0.0527. The van der Waals surface area contributed by atoms with E-state index in [0.29, 0.717) is 22.0 Å². The van der Waals surface area contributed by atoms with Gasteiger partial charge in [-0.1, -0.05) is 17.7 Å². The molecule has 0 radical (unpaired) electrons. The molecule has 3 aromatic rings. The van der Waals surface area contributed by atoms with Crippen molar-refractivity contribution in [2.24, 2.45) is 0 Å². The van der Waals surface area contributed by atoms with Crippen molar-refractivity contribution in [1.82, 2.24) is 4.98 Å². The number of hydrogen-bond acceptors (Lipinski definition) is 5. The van der Waals surface area contributed by atoms with Crippen molar-refractivity contribution in [2.75, 3.05) is 19.0 Å². The van der Waals surface area contributed by atoms with Gasteiger partial charge in [-0.2, -0.15) is 0 Å². The number of aromatic nitrogens is 1. The van der Waals surface area contributed by atoms with Gasteiger partial charge in [0.05, 0.1) is 30.6 Å². The van der Waals surface area contributed by atoms with Gasteiger partial charge in [-0.25, -0.2) is 4.79 Å². The van der Waals surface area contributed by atoms with E-state index in [0.717, 1.165) is 27.7 Å². The number of nitrogens with one attached hydrogen (secondary N) is 1. The molecule has 0 saturated carbocycles. The van der Waals surface area contributed by atoms with Gasteiger partial charge in [-0.05, 0) is 56.2 Å². The van der Waals surface area contributed by atoms with Gasteiger partial charge in [0.2, 0.25) is 0 Å². The standard InChI is InChI=1S/C21H21ClN2O3/c1-5-27-21(25)16-11-23-19-13(3)9-14(22)10-15(19)20(16)24-17-8-12(2)6-7-18(17)26-4/h6-11H,5H2,1-4H3,(H,23,24). The Morgan fingerprint density at radius 2 is 2.00 bits per heavy atom. The Bertz CT molecular complexity index is 1020. The van der Waals surface area contributed by atoms with E-state index >= 15 is 0 Å². The van der Waals surface area contributed by atoms with E-state index in [9.17, 15) is 4.79 Å². The highest BCUT2D eigenvalue weighted by Crippen LogP contribution is 2.36. The first-order valence-electron chi connectivity index (χ1n) is 8.62. The Hall–Kier alpha value is -2.79. The van der Waals surface area contributed by atoms with E-state index < -0.39 is 5.97 Å². The van der Waals surface area contributed by atoms with Crippen molar-refractivity contribution in [3.8, 4) is 5.75 Å². The molecule has 3 rings (SSSR count). The summed E-state index contributed by atoms with van der Waals surface area (Å²) < 4.78 is 10.7. The minimum absolute atomic E-state index is 0.276. The number of rotatable bonds is 5. The quantitative estimate of drug-likeness (QED) is 0.594. The van der Waals surface area contributed by atoms with Crippen LogP contribution in [0.1, 0.15) is 28.4 Å². The molecule has 0 fully saturated rings. The van der Waals surface area contributed by atoms with E-state index in [-0.39, 0.29) is 6.61 Å². The Kier molecular flexibility index (Phi) is 5.51. The van der Waals surface area contributed by atoms with Gasteiger partial charge in [0.25, 0.3) is 0 Å². The molecule has 1 N–H and O–H groups in total. The summed E-state index contributed by atoms with van der Waals surface area (Å²) in [6.07, 6.45) is 1.53. The van der Waals surface area contributed by atoms with Crippen LogP contribution in [-0.2, 0) is 4.74 Å². The molecule has 0 aliphatic heterocycles. The molecule has 1 heterocycles. The molecule has 0 aliphatic rings. The molecule has 0 aliphatic carbocycles. The zero-order valence-corrected chi connectivity index (χ0v) is 16.5. The van der Waals surface area contributed by atoms with Gasteiger partial charge in [0, 0.05) is 16.6 Å². The van der Waals surface area contributed by atoms with E-state index in [1.54, 1.807) is 20.1 Å². The first-order valence-corrected chi connectivity index (χ1v) is 9.00. The Labute approximate surface area is 163 Å². The highest BCUT2D eigenvalue weighted by Gasteiger charge is 2.19. The zero-order chi connectivity index (χ0) is 19.6. The Balaban J connectivity index is 2.26. The van der Waals surface area contributed by atoms with Crippen molar-refractivity contribution in [3.63, 3.8) is 0 Å². The largest absolute Gasteiger partial charge is 0.495 e. The highest BCUT2D eigenvalue weighted by atomic mass is 35.5. The number of aryl methyl sites for hydroxylation is 2. The number of methoxy groups -OCH3 is 1. The van der Waals surface area contributed by atoms with Gasteiger partial charge >= 0.3 is 5.97 Å². The first-order chi connectivity index (χ1) is 12.9. The number of anilines is 2. The van der Waals surface area contributed by atoms with E-state index in [1.807, 2.05) is 38.1 Å². The number of carbonyl (C=O) groups excluding carboxylic acids is 1. The Morgan fingerprint density at radius 1 is 1.22 bits per heavy atom. The van der Waals surface area contributed by atoms with Crippen LogP contribution in [0.25, 0.3) is 10.9 Å². The van der Waals surface area contributed by atoms with Crippen molar-refractivity contribution < 1.29 is 14.3 Å².